The summed E-state index contributed by atoms with van der Waals surface area (Å²) in [5.74, 6) is 0.379. The number of benzene rings is 2. The van der Waals surface area contributed by atoms with Crippen LogP contribution in [-0.2, 0) is 9.59 Å². The monoisotopic (exact) mass is 405 g/mol. The largest absolute Gasteiger partial charge is 0.497 e. The SMILES string of the molecule is COc1ccc(N2CC(C(=O)Nc3cc(N)ccc3C)CC2=O)c(OC)c1.Cl. The van der Waals surface area contributed by atoms with Crippen LogP contribution in [-0.4, -0.2) is 32.6 Å². The first-order valence-corrected chi connectivity index (χ1v) is 8.62. The van der Waals surface area contributed by atoms with Crippen molar-refractivity contribution in [3.05, 3.63) is 42.0 Å². The van der Waals surface area contributed by atoms with Crippen molar-refractivity contribution in [2.24, 2.45) is 5.92 Å². The molecule has 28 heavy (non-hydrogen) atoms. The Hall–Kier alpha value is -2.93. The van der Waals surface area contributed by atoms with Crippen LogP contribution in [0.2, 0.25) is 0 Å². The third-order valence-corrected chi connectivity index (χ3v) is 4.69. The number of ether oxygens (including phenoxy) is 2. The topological polar surface area (TPSA) is 93.9 Å². The zero-order valence-electron chi connectivity index (χ0n) is 16.0. The molecule has 150 valence electrons. The normalized spacial score (nSPS) is 15.8. The van der Waals surface area contributed by atoms with E-state index in [2.05, 4.69) is 5.32 Å². The Labute approximate surface area is 170 Å². The Morgan fingerprint density at radius 3 is 2.61 bits per heavy atom. The molecule has 2 aromatic rings. The molecule has 1 atom stereocenters. The lowest BCUT2D eigenvalue weighted by Gasteiger charge is -2.20. The van der Waals surface area contributed by atoms with Gasteiger partial charge in [0.15, 0.2) is 0 Å². The Kier molecular flexibility index (Phi) is 6.75. The first-order chi connectivity index (χ1) is 12.9. The van der Waals surface area contributed by atoms with Gasteiger partial charge < -0.3 is 25.4 Å². The number of halogens is 1. The molecule has 2 aromatic carbocycles. The standard InChI is InChI=1S/C20H23N3O4.ClH/c1-12-4-5-14(21)9-16(12)22-20(25)13-8-19(24)23(11-13)17-7-6-15(26-2)10-18(17)27-3;/h4-7,9-10,13H,8,11,21H2,1-3H3,(H,22,25);1H. The summed E-state index contributed by atoms with van der Waals surface area (Å²) in [6, 6.07) is 10.6. The van der Waals surface area contributed by atoms with E-state index >= 15 is 0 Å². The Balaban J connectivity index is 0.00000280. The average Bonchev–Trinajstić information content (AvgIpc) is 3.05. The third-order valence-electron chi connectivity index (χ3n) is 4.69. The molecular formula is C20H24ClN3O4. The van der Waals surface area contributed by atoms with Crippen LogP contribution in [0.1, 0.15) is 12.0 Å². The first kappa shape index (κ1) is 21.4. The van der Waals surface area contributed by atoms with Crippen molar-refractivity contribution < 1.29 is 19.1 Å². The van der Waals surface area contributed by atoms with Crippen LogP contribution >= 0.6 is 12.4 Å². The highest BCUT2D eigenvalue weighted by Gasteiger charge is 2.36. The van der Waals surface area contributed by atoms with Gasteiger partial charge in [0.05, 0.1) is 25.8 Å². The van der Waals surface area contributed by atoms with Gasteiger partial charge in [-0.2, -0.15) is 0 Å². The van der Waals surface area contributed by atoms with Crippen molar-refractivity contribution in [3.8, 4) is 11.5 Å². The van der Waals surface area contributed by atoms with E-state index in [1.807, 2.05) is 13.0 Å². The van der Waals surface area contributed by atoms with Crippen molar-refractivity contribution in [1.29, 1.82) is 0 Å². The van der Waals surface area contributed by atoms with Gasteiger partial charge >= 0.3 is 0 Å². The highest BCUT2D eigenvalue weighted by atomic mass is 35.5. The van der Waals surface area contributed by atoms with Gasteiger partial charge in [0.1, 0.15) is 11.5 Å². The van der Waals surface area contributed by atoms with Gasteiger partial charge in [-0.1, -0.05) is 6.07 Å². The number of hydrogen-bond acceptors (Lipinski definition) is 5. The van der Waals surface area contributed by atoms with Gasteiger partial charge in [-0.3, -0.25) is 9.59 Å². The second-order valence-electron chi connectivity index (χ2n) is 6.51. The summed E-state index contributed by atoms with van der Waals surface area (Å²) in [4.78, 5) is 26.8. The maximum absolute atomic E-state index is 12.7. The van der Waals surface area contributed by atoms with Crippen molar-refractivity contribution >= 4 is 41.3 Å². The molecule has 2 amide bonds. The summed E-state index contributed by atoms with van der Waals surface area (Å²) >= 11 is 0. The molecule has 1 unspecified atom stereocenters. The number of amides is 2. The van der Waals surface area contributed by atoms with Crippen LogP contribution in [0.3, 0.4) is 0 Å². The number of nitrogen functional groups attached to an aromatic ring is 1. The molecule has 1 saturated heterocycles. The van der Waals surface area contributed by atoms with E-state index in [-0.39, 0.29) is 37.2 Å². The number of nitrogens with two attached hydrogens (primary N) is 1. The van der Waals surface area contributed by atoms with Crippen molar-refractivity contribution in [2.45, 2.75) is 13.3 Å². The molecule has 8 heteroatoms. The van der Waals surface area contributed by atoms with Crippen LogP contribution in [0, 0.1) is 12.8 Å². The molecule has 1 fully saturated rings. The second-order valence-corrected chi connectivity index (χ2v) is 6.51. The Morgan fingerprint density at radius 1 is 1.18 bits per heavy atom. The van der Waals surface area contributed by atoms with E-state index < -0.39 is 5.92 Å². The smallest absolute Gasteiger partial charge is 0.229 e. The molecular weight excluding hydrogens is 382 g/mol. The van der Waals surface area contributed by atoms with E-state index in [4.69, 9.17) is 15.2 Å². The van der Waals surface area contributed by atoms with Gasteiger partial charge in [-0.25, -0.2) is 0 Å². The Morgan fingerprint density at radius 2 is 1.93 bits per heavy atom. The van der Waals surface area contributed by atoms with Crippen LogP contribution in [0.4, 0.5) is 17.1 Å². The minimum Gasteiger partial charge on any atom is -0.497 e. The van der Waals surface area contributed by atoms with Crippen molar-refractivity contribution in [3.63, 3.8) is 0 Å². The van der Waals surface area contributed by atoms with Crippen molar-refractivity contribution in [1.82, 2.24) is 0 Å². The van der Waals surface area contributed by atoms with Crippen LogP contribution in [0.5, 0.6) is 11.5 Å². The molecule has 1 aliphatic heterocycles. The van der Waals surface area contributed by atoms with E-state index in [0.29, 0.717) is 28.6 Å². The van der Waals surface area contributed by atoms with Gasteiger partial charge in [0.25, 0.3) is 0 Å². The number of anilines is 3. The molecule has 7 nitrogen and oxygen atoms in total. The fourth-order valence-corrected chi connectivity index (χ4v) is 3.13. The molecule has 3 N–H and O–H groups in total. The minimum atomic E-state index is -0.454. The zero-order valence-corrected chi connectivity index (χ0v) is 16.8. The van der Waals surface area contributed by atoms with E-state index in [1.54, 1.807) is 42.3 Å². The summed E-state index contributed by atoms with van der Waals surface area (Å²) in [5, 5.41) is 2.88. The maximum Gasteiger partial charge on any atom is 0.229 e. The summed E-state index contributed by atoms with van der Waals surface area (Å²) < 4.78 is 10.6. The Bertz CT molecular complexity index is 888. The van der Waals surface area contributed by atoms with Gasteiger partial charge in [-0.05, 0) is 36.8 Å². The number of hydrogen-bond donors (Lipinski definition) is 2. The minimum absolute atomic E-state index is 0. The number of carbonyl (C=O) groups excluding carboxylic acids is 2. The number of nitrogens with zero attached hydrogens (tertiary/aromatic N) is 1. The average molecular weight is 406 g/mol. The molecule has 3 rings (SSSR count). The summed E-state index contributed by atoms with van der Waals surface area (Å²) in [7, 11) is 3.10. The molecule has 0 aromatic heterocycles. The quantitative estimate of drug-likeness (QED) is 0.746. The van der Waals surface area contributed by atoms with E-state index in [1.165, 1.54) is 7.11 Å². The molecule has 0 saturated carbocycles. The predicted octanol–water partition coefficient (Wildman–Crippen LogP) is 3.01. The van der Waals surface area contributed by atoms with E-state index in [9.17, 15) is 9.59 Å². The van der Waals surface area contributed by atoms with Gasteiger partial charge in [0.2, 0.25) is 11.8 Å². The lowest BCUT2D eigenvalue weighted by Crippen LogP contribution is -2.28. The first-order valence-electron chi connectivity index (χ1n) is 8.62. The third kappa shape index (κ3) is 4.31. The summed E-state index contributed by atoms with van der Waals surface area (Å²) in [6.45, 7) is 2.18. The van der Waals surface area contributed by atoms with Crippen LogP contribution in [0.15, 0.2) is 36.4 Å². The number of rotatable bonds is 5. The number of carbonyl (C=O) groups is 2. The highest BCUT2D eigenvalue weighted by molar-refractivity contribution is 6.04. The second kappa shape index (κ2) is 8.84. The maximum atomic E-state index is 12.7. The molecule has 0 bridgehead atoms. The zero-order chi connectivity index (χ0) is 19.6. The molecule has 0 radical (unpaired) electrons. The molecule has 1 aliphatic rings. The highest BCUT2D eigenvalue weighted by Crippen LogP contribution is 2.36. The summed E-state index contributed by atoms with van der Waals surface area (Å²) in [6.07, 6.45) is 0.141. The van der Waals surface area contributed by atoms with E-state index in [0.717, 1.165) is 5.56 Å². The van der Waals surface area contributed by atoms with Crippen LogP contribution < -0.4 is 25.4 Å². The van der Waals surface area contributed by atoms with Gasteiger partial charge in [-0.15, -0.1) is 12.4 Å². The number of methoxy groups -OCH3 is 2. The fraction of sp³-hybridized carbons (Fsp3) is 0.300. The number of aryl methyl sites for hydroxylation is 1. The molecule has 0 aliphatic carbocycles. The van der Waals surface area contributed by atoms with Gasteiger partial charge in [0, 0.05) is 30.4 Å². The molecule has 1 heterocycles. The lowest BCUT2D eigenvalue weighted by molar-refractivity contribution is -0.122. The molecule has 0 spiro atoms. The predicted molar refractivity (Wildman–Crippen MR) is 111 cm³/mol. The lowest BCUT2D eigenvalue weighted by atomic mass is 10.1. The van der Waals surface area contributed by atoms with Crippen molar-refractivity contribution in [2.75, 3.05) is 36.7 Å². The number of nitrogens with one attached hydrogen (secondary N) is 1. The van der Waals surface area contributed by atoms with Crippen LogP contribution in [0.25, 0.3) is 0 Å². The fourth-order valence-electron chi connectivity index (χ4n) is 3.13. The summed E-state index contributed by atoms with van der Waals surface area (Å²) in [5.41, 5.74) is 8.56.